The van der Waals surface area contributed by atoms with Gasteiger partial charge >= 0.3 is 6.09 Å². The van der Waals surface area contributed by atoms with Crippen molar-refractivity contribution in [1.29, 1.82) is 0 Å². The number of nitrogens with zero attached hydrogens (tertiary/aromatic N) is 2. The van der Waals surface area contributed by atoms with Crippen molar-refractivity contribution in [2.75, 3.05) is 6.54 Å². The number of aromatic nitrogens is 3. The molecule has 0 fully saturated rings. The zero-order valence-corrected chi connectivity index (χ0v) is 29.9. The lowest BCUT2D eigenvalue weighted by Crippen LogP contribution is -2.59. The van der Waals surface area contributed by atoms with E-state index in [0.29, 0.717) is 18.0 Å². The molecule has 0 saturated carbocycles. The van der Waals surface area contributed by atoms with Crippen molar-refractivity contribution in [3.63, 3.8) is 0 Å². The van der Waals surface area contributed by atoms with Crippen LogP contribution < -0.4 is 16.1 Å². The van der Waals surface area contributed by atoms with Crippen LogP contribution in [0.15, 0.2) is 73.3 Å². The van der Waals surface area contributed by atoms with Gasteiger partial charge in [0.2, 0.25) is 11.8 Å². The molecule has 6 N–H and O–H groups in total. The minimum atomic E-state index is -1.15. The fourth-order valence-corrected chi connectivity index (χ4v) is 5.58. The average Bonchev–Trinajstić information content (AvgIpc) is 3.79. The van der Waals surface area contributed by atoms with Crippen molar-refractivity contribution in [2.45, 2.75) is 91.0 Å². The predicted octanol–water partition coefficient (Wildman–Crippen LogP) is 4.55. The van der Waals surface area contributed by atoms with Gasteiger partial charge in [-0.2, -0.15) is 0 Å². The lowest BCUT2D eigenvalue weighted by molar-refractivity contribution is -0.145. The molecule has 4 amide bonds. The Morgan fingerprint density at radius 2 is 1.67 bits per heavy atom. The average molecular weight is 702 g/mol. The van der Waals surface area contributed by atoms with Crippen LogP contribution in [-0.2, 0) is 38.6 Å². The summed E-state index contributed by atoms with van der Waals surface area (Å²) >= 11 is 0. The van der Waals surface area contributed by atoms with Gasteiger partial charge in [-0.1, -0.05) is 82.6 Å². The molecule has 13 nitrogen and oxygen atoms in total. The Balaban J connectivity index is 1.56. The maximum absolute atomic E-state index is 14.3. The number of H-pyrrole nitrogens is 2. The van der Waals surface area contributed by atoms with Crippen molar-refractivity contribution < 1.29 is 29.0 Å². The minimum absolute atomic E-state index is 0.00543. The Labute approximate surface area is 298 Å². The van der Waals surface area contributed by atoms with Crippen LogP contribution in [0.25, 0.3) is 10.9 Å². The van der Waals surface area contributed by atoms with Crippen LogP contribution >= 0.6 is 0 Å². The first-order valence-corrected chi connectivity index (χ1v) is 17.6. The number of ether oxygens (including phenoxy) is 1. The smallest absolute Gasteiger partial charge is 0.408 e. The summed E-state index contributed by atoms with van der Waals surface area (Å²) in [6, 6.07) is 14.5. The number of rotatable bonds is 18. The van der Waals surface area contributed by atoms with E-state index >= 15 is 0 Å². The number of benzene rings is 2. The van der Waals surface area contributed by atoms with E-state index in [2.05, 4.69) is 31.0 Å². The van der Waals surface area contributed by atoms with Gasteiger partial charge in [-0.25, -0.2) is 9.78 Å². The lowest BCUT2D eigenvalue weighted by atomic mass is 10.0. The molecule has 0 aliphatic heterocycles. The monoisotopic (exact) mass is 701 g/mol. The summed E-state index contributed by atoms with van der Waals surface area (Å²) in [5, 5.41) is 18.1. The molecule has 2 heterocycles. The topological polar surface area (TPSA) is 182 Å². The van der Waals surface area contributed by atoms with Crippen molar-refractivity contribution >= 4 is 34.7 Å². The summed E-state index contributed by atoms with van der Waals surface area (Å²) in [7, 11) is 0. The van der Waals surface area contributed by atoms with Gasteiger partial charge in [0.25, 0.3) is 5.91 Å². The van der Waals surface area contributed by atoms with Gasteiger partial charge in [0.15, 0.2) is 0 Å². The summed E-state index contributed by atoms with van der Waals surface area (Å²) in [6.45, 7) is 8.21. The normalized spacial score (nSPS) is 13.6. The Morgan fingerprint density at radius 3 is 2.37 bits per heavy atom. The highest BCUT2D eigenvalue weighted by Crippen LogP contribution is 2.20. The number of aliphatic hydroxyl groups is 1. The van der Waals surface area contributed by atoms with Crippen LogP contribution in [0, 0.1) is 11.8 Å². The molecule has 0 bridgehead atoms. The summed E-state index contributed by atoms with van der Waals surface area (Å²) in [4.78, 5) is 64.8. The van der Waals surface area contributed by atoms with E-state index in [1.807, 2.05) is 82.3 Å². The number of hydrazine groups is 1. The molecule has 0 aliphatic rings. The van der Waals surface area contributed by atoms with E-state index in [1.165, 1.54) is 11.3 Å². The number of para-hydroxylation sites is 1. The van der Waals surface area contributed by atoms with Crippen LogP contribution in [0.5, 0.6) is 0 Å². The first-order valence-electron chi connectivity index (χ1n) is 17.6. The molecule has 51 heavy (non-hydrogen) atoms. The third kappa shape index (κ3) is 12.3. The van der Waals surface area contributed by atoms with Crippen LogP contribution in [0.4, 0.5) is 4.79 Å². The number of hydrogen-bond acceptors (Lipinski definition) is 7. The molecule has 0 radical (unpaired) electrons. The number of alkyl carbamates (subject to hydrolysis) is 1. The van der Waals surface area contributed by atoms with Crippen molar-refractivity contribution in [3.8, 4) is 0 Å². The first-order chi connectivity index (χ1) is 24.5. The maximum Gasteiger partial charge on any atom is 0.408 e. The fourth-order valence-electron chi connectivity index (χ4n) is 5.58. The molecule has 1 unspecified atom stereocenters. The van der Waals surface area contributed by atoms with E-state index in [4.69, 9.17) is 4.74 Å². The third-order valence-electron chi connectivity index (χ3n) is 8.73. The zero-order chi connectivity index (χ0) is 36.8. The minimum Gasteiger partial charge on any atom is -0.445 e. The number of carbonyl (C=O) groups excluding carboxylic acids is 4. The van der Waals surface area contributed by atoms with E-state index in [0.717, 1.165) is 34.9 Å². The fraction of sp³-hybridized carbons (Fsp3) is 0.447. The number of aliphatic hydroxyl groups excluding tert-OH is 1. The van der Waals surface area contributed by atoms with Gasteiger partial charge in [0, 0.05) is 48.4 Å². The highest BCUT2D eigenvalue weighted by atomic mass is 16.5. The molecule has 0 saturated heterocycles. The van der Waals surface area contributed by atoms with E-state index < -0.39 is 42.0 Å². The highest BCUT2D eigenvalue weighted by molar-refractivity contribution is 5.93. The molecule has 274 valence electrons. The Kier molecular flexibility index (Phi) is 14.6. The molecule has 13 heteroatoms. The van der Waals surface area contributed by atoms with Crippen molar-refractivity contribution in [3.05, 3.63) is 90.1 Å². The van der Waals surface area contributed by atoms with E-state index in [-0.39, 0.29) is 38.3 Å². The Bertz CT molecular complexity index is 1690. The Morgan fingerprint density at radius 1 is 0.922 bits per heavy atom. The number of aromatic amines is 2. The molecule has 0 spiro atoms. The number of carbonyl (C=O) groups is 4. The largest absolute Gasteiger partial charge is 0.445 e. The maximum atomic E-state index is 14.3. The van der Waals surface area contributed by atoms with Gasteiger partial charge in [-0.3, -0.25) is 24.8 Å². The second-order valence-electron chi connectivity index (χ2n) is 13.5. The molecular formula is C38H51N7O6. The molecule has 4 aromatic rings. The lowest BCUT2D eigenvalue weighted by Gasteiger charge is -2.31. The quantitative estimate of drug-likeness (QED) is 0.0823. The van der Waals surface area contributed by atoms with Crippen molar-refractivity contribution in [2.24, 2.45) is 11.8 Å². The van der Waals surface area contributed by atoms with Gasteiger partial charge in [0.05, 0.1) is 18.9 Å². The van der Waals surface area contributed by atoms with E-state index in [9.17, 15) is 24.3 Å². The van der Waals surface area contributed by atoms with E-state index in [1.54, 1.807) is 12.4 Å². The highest BCUT2D eigenvalue weighted by Gasteiger charge is 2.32. The van der Waals surface area contributed by atoms with Crippen LogP contribution in [-0.4, -0.2) is 73.6 Å². The van der Waals surface area contributed by atoms with Crippen LogP contribution in [0.1, 0.15) is 70.2 Å². The van der Waals surface area contributed by atoms with Gasteiger partial charge < -0.3 is 30.4 Å². The summed E-state index contributed by atoms with van der Waals surface area (Å²) in [5.74, 6) is -1.29. The second-order valence-corrected chi connectivity index (χ2v) is 13.5. The molecule has 0 aliphatic carbocycles. The number of amides is 4. The first kappa shape index (κ1) is 38.6. The SMILES string of the molecule is CCC(C)CN(NC(=O)C[C@@H](O)CCC(C)C)C(=O)[C@H](Cc1cnc[nH]1)NC(=O)[C@H](Cc1c[nH]c2ccccc12)NC(=O)OCc1ccccc1. The number of nitrogens with one attached hydrogen (secondary N) is 5. The van der Waals surface area contributed by atoms with Crippen LogP contribution in [0.3, 0.4) is 0 Å². The standard InChI is InChI=1S/C38H51N7O6/c1-5-26(4)22-45(44-35(47)19-30(46)16-15-25(2)3)37(49)34(18-29-21-39-24-41-29)42-36(48)33(17-28-20-40-32-14-10-9-13-31(28)32)43-38(50)51-23-27-11-7-6-8-12-27/h6-14,20-21,24-26,30,33-34,40,46H,5,15-19,22-23H2,1-4H3,(H,39,41)(H,42,48)(H,43,50)(H,44,47)/t26?,30-,33-,34-/m0/s1. The second kappa shape index (κ2) is 19.3. The predicted molar refractivity (Wildman–Crippen MR) is 194 cm³/mol. The zero-order valence-electron chi connectivity index (χ0n) is 29.9. The number of imidazole rings is 1. The molecule has 4 atom stereocenters. The van der Waals surface area contributed by atoms with Crippen molar-refractivity contribution in [1.82, 2.24) is 36.0 Å². The van der Waals surface area contributed by atoms with Gasteiger partial charge in [-0.15, -0.1) is 0 Å². The third-order valence-corrected chi connectivity index (χ3v) is 8.73. The molecule has 2 aromatic carbocycles. The Hall–Kier alpha value is -5.17. The van der Waals surface area contributed by atoms with Gasteiger partial charge in [-0.05, 0) is 41.9 Å². The summed E-state index contributed by atoms with van der Waals surface area (Å²) in [5.41, 5.74) is 5.72. The van der Waals surface area contributed by atoms with Gasteiger partial charge in [0.1, 0.15) is 18.7 Å². The molecular weight excluding hydrogens is 650 g/mol. The van der Waals surface area contributed by atoms with Crippen LogP contribution in [0.2, 0.25) is 0 Å². The summed E-state index contributed by atoms with van der Waals surface area (Å²) in [6.07, 6.45) is 5.08. The number of fused-ring (bicyclic) bond motifs is 1. The number of hydrogen-bond donors (Lipinski definition) is 6. The molecule has 2 aromatic heterocycles. The molecule has 4 rings (SSSR count). The summed E-state index contributed by atoms with van der Waals surface area (Å²) < 4.78 is 5.46.